The molecular weight excluding hydrogens is 491 g/mol. The standard InChI is InChI=1S/C26H25FO10/c1-10-14(29)5-6-17(36-10)37-15-8-26(35,16(30)9-28)7-12-19(15)25(34)21-20(23(12)32)22(31)11-3-2-4-13(27)18(11)24(21)33/h2-4,10,14-15,17,28-29,32,34-35H,5-9H2,1H3/t10-,14-,15-,17-,26-/m0/s1. The van der Waals surface area contributed by atoms with Crippen LogP contribution in [0.25, 0.3) is 0 Å². The molecule has 196 valence electrons. The summed E-state index contributed by atoms with van der Waals surface area (Å²) in [6.07, 6.45) is -4.17. The molecule has 0 amide bonds. The third-order valence-electron chi connectivity index (χ3n) is 7.43. The maximum Gasteiger partial charge on any atom is 0.201 e. The zero-order valence-electron chi connectivity index (χ0n) is 19.7. The van der Waals surface area contributed by atoms with Gasteiger partial charge in [-0.05, 0) is 19.4 Å². The average molecular weight is 516 g/mol. The summed E-state index contributed by atoms with van der Waals surface area (Å²) in [5.74, 6) is -5.40. The molecule has 0 unspecified atom stereocenters. The summed E-state index contributed by atoms with van der Waals surface area (Å²) in [6, 6.07) is 3.43. The van der Waals surface area contributed by atoms with Gasteiger partial charge in [0.2, 0.25) is 5.78 Å². The van der Waals surface area contributed by atoms with E-state index < -0.39 is 101 Å². The second kappa shape index (κ2) is 8.96. The van der Waals surface area contributed by atoms with Crippen molar-refractivity contribution in [1.29, 1.82) is 0 Å². The van der Waals surface area contributed by atoms with Crippen LogP contribution in [0.5, 0.6) is 11.5 Å². The van der Waals surface area contributed by atoms with Crippen molar-refractivity contribution in [1.82, 2.24) is 0 Å². The number of phenols is 2. The Morgan fingerprint density at radius 1 is 1.14 bits per heavy atom. The van der Waals surface area contributed by atoms with E-state index in [1.54, 1.807) is 6.92 Å². The van der Waals surface area contributed by atoms with Crippen LogP contribution in [0, 0.1) is 5.82 Å². The molecule has 10 nitrogen and oxygen atoms in total. The molecule has 5 rings (SSSR count). The van der Waals surface area contributed by atoms with Gasteiger partial charge in [0.1, 0.15) is 29.5 Å². The van der Waals surface area contributed by atoms with Gasteiger partial charge in [-0.2, -0.15) is 0 Å². The highest BCUT2D eigenvalue weighted by atomic mass is 19.1. The van der Waals surface area contributed by atoms with Crippen molar-refractivity contribution in [2.75, 3.05) is 6.61 Å². The van der Waals surface area contributed by atoms with E-state index in [4.69, 9.17) is 9.47 Å². The van der Waals surface area contributed by atoms with E-state index in [2.05, 4.69) is 0 Å². The molecule has 1 fully saturated rings. The van der Waals surface area contributed by atoms with Gasteiger partial charge in [-0.1, -0.05) is 12.1 Å². The number of Topliss-reactive ketones (excluding diaryl/α,β-unsaturated/α-hetero) is 1. The number of aromatic hydroxyl groups is 2. The lowest BCUT2D eigenvalue weighted by atomic mass is 9.72. The number of hydrogen-bond donors (Lipinski definition) is 5. The number of ketones is 3. The van der Waals surface area contributed by atoms with Gasteiger partial charge in [-0.25, -0.2) is 4.39 Å². The van der Waals surface area contributed by atoms with Crippen molar-refractivity contribution in [2.45, 2.75) is 62.8 Å². The van der Waals surface area contributed by atoms with Crippen molar-refractivity contribution < 1.29 is 53.8 Å². The maximum absolute atomic E-state index is 14.6. The summed E-state index contributed by atoms with van der Waals surface area (Å²) in [7, 11) is 0. The molecule has 37 heavy (non-hydrogen) atoms. The molecule has 5 N–H and O–H groups in total. The summed E-state index contributed by atoms with van der Waals surface area (Å²) in [5.41, 5.74) is -4.66. The third-order valence-corrected chi connectivity index (χ3v) is 7.43. The number of fused-ring (bicyclic) bond motifs is 3. The van der Waals surface area contributed by atoms with Gasteiger partial charge in [0.25, 0.3) is 0 Å². The smallest absolute Gasteiger partial charge is 0.201 e. The molecular formula is C26H25FO10. The number of halogens is 1. The Morgan fingerprint density at radius 2 is 1.84 bits per heavy atom. The lowest BCUT2D eigenvalue weighted by molar-refractivity contribution is -0.243. The van der Waals surface area contributed by atoms with Gasteiger partial charge in [-0.3, -0.25) is 14.4 Å². The van der Waals surface area contributed by atoms with Crippen LogP contribution in [0.15, 0.2) is 18.2 Å². The Hall–Kier alpha value is -3.22. The maximum atomic E-state index is 14.6. The Labute approximate surface area is 209 Å². The van der Waals surface area contributed by atoms with Gasteiger partial charge in [-0.15, -0.1) is 0 Å². The zero-order valence-corrected chi connectivity index (χ0v) is 19.7. The van der Waals surface area contributed by atoms with E-state index in [0.717, 1.165) is 6.07 Å². The van der Waals surface area contributed by atoms with Crippen LogP contribution in [0.3, 0.4) is 0 Å². The first kappa shape index (κ1) is 25.4. The number of rotatable bonds is 4. The molecule has 0 radical (unpaired) electrons. The van der Waals surface area contributed by atoms with Crippen LogP contribution >= 0.6 is 0 Å². The number of carbonyl (C=O) groups is 3. The number of aliphatic hydroxyl groups excluding tert-OH is 2. The van der Waals surface area contributed by atoms with E-state index in [-0.39, 0.29) is 23.1 Å². The minimum Gasteiger partial charge on any atom is -0.507 e. The molecule has 0 aromatic heterocycles. The van der Waals surface area contributed by atoms with Crippen LogP contribution in [-0.2, 0) is 20.7 Å². The summed E-state index contributed by atoms with van der Waals surface area (Å²) in [4.78, 5) is 39.1. The molecule has 3 aliphatic rings. The first-order chi connectivity index (χ1) is 17.5. The van der Waals surface area contributed by atoms with E-state index in [1.807, 2.05) is 0 Å². The van der Waals surface area contributed by atoms with Crippen molar-refractivity contribution >= 4 is 17.3 Å². The number of aliphatic hydroxyl groups is 3. The lowest BCUT2D eigenvalue weighted by Crippen LogP contribution is -2.48. The predicted octanol–water partition coefficient (Wildman–Crippen LogP) is 1.19. The van der Waals surface area contributed by atoms with Gasteiger partial charge in [0.05, 0.1) is 35.0 Å². The molecule has 0 saturated carbocycles. The molecule has 1 heterocycles. The van der Waals surface area contributed by atoms with Gasteiger partial charge < -0.3 is 35.0 Å². The Morgan fingerprint density at radius 3 is 2.51 bits per heavy atom. The van der Waals surface area contributed by atoms with Crippen LogP contribution in [-0.4, -0.2) is 73.6 Å². The third kappa shape index (κ3) is 3.85. The first-order valence-corrected chi connectivity index (χ1v) is 11.8. The van der Waals surface area contributed by atoms with Gasteiger partial charge in [0, 0.05) is 36.0 Å². The molecule has 1 saturated heterocycles. The van der Waals surface area contributed by atoms with Crippen molar-refractivity contribution in [3.63, 3.8) is 0 Å². The van der Waals surface area contributed by atoms with Crippen LogP contribution in [0.1, 0.15) is 75.3 Å². The van der Waals surface area contributed by atoms with Crippen LogP contribution < -0.4 is 0 Å². The minimum atomic E-state index is -2.24. The van der Waals surface area contributed by atoms with Crippen LogP contribution in [0.4, 0.5) is 4.39 Å². The second-order valence-corrected chi connectivity index (χ2v) is 9.69. The average Bonchev–Trinajstić information content (AvgIpc) is 2.86. The lowest BCUT2D eigenvalue weighted by Gasteiger charge is -2.41. The number of ether oxygens (including phenoxy) is 2. The topological polar surface area (TPSA) is 171 Å². The zero-order chi connectivity index (χ0) is 26.8. The predicted molar refractivity (Wildman–Crippen MR) is 122 cm³/mol. The molecule has 0 spiro atoms. The fraction of sp³-hybridized carbons (Fsp3) is 0.423. The van der Waals surface area contributed by atoms with E-state index in [9.17, 15) is 44.3 Å². The monoisotopic (exact) mass is 516 g/mol. The number of carbonyl (C=O) groups excluding carboxylic acids is 3. The summed E-state index contributed by atoms with van der Waals surface area (Å²) in [5, 5.41) is 53.0. The number of benzene rings is 2. The summed E-state index contributed by atoms with van der Waals surface area (Å²) >= 11 is 0. The van der Waals surface area contributed by atoms with E-state index in [0.29, 0.717) is 6.42 Å². The fourth-order valence-electron chi connectivity index (χ4n) is 5.44. The molecule has 2 aromatic carbocycles. The number of hydrogen-bond acceptors (Lipinski definition) is 10. The highest BCUT2D eigenvalue weighted by molar-refractivity contribution is 6.30. The molecule has 2 aliphatic carbocycles. The minimum absolute atomic E-state index is 0.157. The normalized spacial score (nSPS) is 28.9. The van der Waals surface area contributed by atoms with E-state index in [1.165, 1.54) is 12.1 Å². The molecule has 1 aliphatic heterocycles. The van der Waals surface area contributed by atoms with Crippen molar-refractivity contribution in [3.8, 4) is 11.5 Å². The summed E-state index contributed by atoms with van der Waals surface area (Å²) < 4.78 is 26.2. The van der Waals surface area contributed by atoms with Crippen molar-refractivity contribution in [2.24, 2.45) is 0 Å². The molecule has 2 aromatic rings. The quantitative estimate of drug-likeness (QED) is 0.317. The van der Waals surface area contributed by atoms with Gasteiger partial charge in [0.15, 0.2) is 17.9 Å². The van der Waals surface area contributed by atoms with E-state index >= 15 is 0 Å². The Kier molecular flexibility index (Phi) is 6.16. The van der Waals surface area contributed by atoms with Gasteiger partial charge >= 0.3 is 0 Å². The summed E-state index contributed by atoms with van der Waals surface area (Å²) in [6.45, 7) is 0.597. The van der Waals surface area contributed by atoms with Crippen LogP contribution in [0.2, 0.25) is 0 Å². The molecule has 0 bridgehead atoms. The highest BCUT2D eigenvalue weighted by Gasteiger charge is 2.49. The van der Waals surface area contributed by atoms with Crippen molar-refractivity contribution in [3.05, 3.63) is 57.4 Å². The SMILES string of the molecule is C[C@@H]1O[C@@H](O[C@H]2C[C@](O)(C(=O)CO)Cc3c(O)c4c(c(O)c32)C(=O)c2c(F)cccc2C4=O)CC[C@@H]1O. The Balaban J connectivity index is 1.68. The Bertz CT molecular complexity index is 1340. The molecule has 5 atom stereocenters. The second-order valence-electron chi connectivity index (χ2n) is 9.69. The highest BCUT2D eigenvalue weighted by Crippen LogP contribution is 2.52. The number of phenolic OH excluding ortho intramolecular Hbond substituents is 2. The largest absolute Gasteiger partial charge is 0.507 e. The first-order valence-electron chi connectivity index (χ1n) is 11.8. The fourth-order valence-corrected chi connectivity index (χ4v) is 5.44. The molecule has 11 heteroatoms.